The Morgan fingerprint density at radius 1 is 1.32 bits per heavy atom. The molecule has 3 heteroatoms. The van der Waals surface area contributed by atoms with Gasteiger partial charge in [0.2, 0.25) is 0 Å². The van der Waals surface area contributed by atoms with Gasteiger partial charge in [0, 0.05) is 10.9 Å². The highest BCUT2D eigenvalue weighted by molar-refractivity contribution is 9.11. The van der Waals surface area contributed by atoms with Gasteiger partial charge >= 0.3 is 0 Å². The monoisotopic (exact) mass is 343 g/mol. The molecule has 1 nitrogen and oxygen atoms in total. The summed E-state index contributed by atoms with van der Waals surface area (Å²) in [5.74, 6) is 2.63. The topological polar surface area (TPSA) is 12.0 Å². The summed E-state index contributed by atoms with van der Waals surface area (Å²) in [7, 11) is 0. The first-order chi connectivity index (χ1) is 9.04. The quantitative estimate of drug-likeness (QED) is 0.783. The standard InChI is InChI=1S/C16H26BrNS/c1-11(2)18-10-13-5-4-12(3)8-14(13)9-15-6-7-16(17)19-15/h6-7,11-14,18H,4-5,8-10H2,1-3H3. The van der Waals surface area contributed by atoms with E-state index in [1.54, 1.807) is 4.88 Å². The van der Waals surface area contributed by atoms with E-state index in [2.05, 4.69) is 54.2 Å². The van der Waals surface area contributed by atoms with Crippen LogP contribution in [0.3, 0.4) is 0 Å². The Labute approximate surface area is 130 Å². The first kappa shape index (κ1) is 15.5. The fourth-order valence-corrected chi connectivity index (χ4v) is 4.76. The van der Waals surface area contributed by atoms with Crippen molar-refractivity contribution in [3.63, 3.8) is 0 Å². The van der Waals surface area contributed by atoms with E-state index in [1.165, 1.54) is 36.0 Å². The average molecular weight is 344 g/mol. The van der Waals surface area contributed by atoms with Gasteiger partial charge in [0.25, 0.3) is 0 Å². The lowest BCUT2D eigenvalue weighted by Crippen LogP contribution is -2.36. The third-order valence-corrected chi connectivity index (χ3v) is 5.93. The normalized spacial score (nSPS) is 27.9. The van der Waals surface area contributed by atoms with Crippen LogP contribution >= 0.6 is 27.3 Å². The first-order valence-corrected chi connectivity index (χ1v) is 9.13. The number of thiophene rings is 1. The lowest BCUT2D eigenvalue weighted by molar-refractivity contribution is 0.182. The predicted molar refractivity (Wildman–Crippen MR) is 88.9 cm³/mol. The van der Waals surface area contributed by atoms with Crippen molar-refractivity contribution >= 4 is 27.3 Å². The maximum Gasteiger partial charge on any atom is 0.0701 e. The summed E-state index contributed by atoms with van der Waals surface area (Å²) in [6.07, 6.45) is 5.48. The Hall–Kier alpha value is 0.140. The summed E-state index contributed by atoms with van der Waals surface area (Å²) in [5, 5.41) is 3.65. The molecule has 0 amide bonds. The van der Waals surface area contributed by atoms with Crippen LogP contribution < -0.4 is 5.32 Å². The van der Waals surface area contributed by atoms with Crippen molar-refractivity contribution in [1.29, 1.82) is 0 Å². The van der Waals surface area contributed by atoms with Crippen LogP contribution in [-0.4, -0.2) is 12.6 Å². The van der Waals surface area contributed by atoms with E-state index >= 15 is 0 Å². The zero-order valence-electron chi connectivity index (χ0n) is 12.3. The van der Waals surface area contributed by atoms with E-state index < -0.39 is 0 Å². The fourth-order valence-electron chi connectivity index (χ4n) is 3.19. The smallest absolute Gasteiger partial charge is 0.0701 e. The van der Waals surface area contributed by atoms with Crippen molar-refractivity contribution in [3.8, 4) is 0 Å². The molecule has 3 atom stereocenters. The molecule has 1 aromatic rings. The molecule has 0 bridgehead atoms. The molecule has 1 aliphatic rings. The molecule has 1 aliphatic carbocycles. The van der Waals surface area contributed by atoms with Crippen molar-refractivity contribution in [2.75, 3.05) is 6.54 Å². The van der Waals surface area contributed by atoms with E-state index in [1.807, 2.05) is 11.3 Å². The fraction of sp³-hybridized carbons (Fsp3) is 0.750. The van der Waals surface area contributed by atoms with Crippen LogP contribution in [0, 0.1) is 17.8 Å². The second-order valence-electron chi connectivity index (χ2n) is 6.41. The van der Waals surface area contributed by atoms with E-state index in [0.717, 1.165) is 17.8 Å². The summed E-state index contributed by atoms with van der Waals surface area (Å²) >= 11 is 5.49. The van der Waals surface area contributed by atoms with Gasteiger partial charge in [-0.3, -0.25) is 0 Å². The van der Waals surface area contributed by atoms with Gasteiger partial charge in [-0.15, -0.1) is 11.3 Å². The highest BCUT2D eigenvalue weighted by Gasteiger charge is 2.28. The Morgan fingerprint density at radius 3 is 2.74 bits per heavy atom. The van der Waals surface area contributed by atoms with Crippen LogP contribution in [0.25, 0.3) is 0 Å². The molecule has 3 unspecified atom stereocenters. The van der Waals surface area contributed by atoms with E-state index in [9.17, 15) is 0 Å². The molecule has 0 aromatic carbocycles. The molecule has 1 aromatic heterocycles. The summed E-state index contributed by atoms with van der Waals surface area (Å²) in [5.41, 5.74) is 0. The molecular weight excluding hydrogens is 318 g/mol. The SMILES string of the molecule is CC1CCC(CNC(C)C)C(Cc2ccc(Br)s2)C1. The van der Waals surface area contributed by atoms with Gasteiger partial charge in [-0.25, -0.2) is 0 Å². The molecule has 1 N–H and O–H groups in total. The third-order valence-electron chi connectivity index (χ3n) is 4.28. The maximum atomic E-state index is 3.65. The van der Waals surface area contributed by atoms with Gasteiger partial charge in [-0.05, 0) is 71.6 Å². The molecule has 0 radical (unpaired) electrons. The molecule has 19 heavy (non-hydrogen) atoms. The Morgan fingerprint density at radius 2 is 2.11 bits per heavy atom. The second-order valence-corrected chi connectivity index (χ2v) is 8.96. The van der Waals surface area contributed by atoms with Crippen molar-refractivity contribution < 1.29 is 0 Å². The molecular formula is C16H26BrNS. The Bertz CT molecular complexity index is 388. The van der Waals surface area contributed by atoms with Gasteiger partial charge in [0.05, 0.1) is 3.79 Å². The summed E-state index contributed by atoms with van der Waals surface area (Å²) in [4.78, 5) is 1.54. The van der Waals surface area contributed by atoms with E-state index in [-0.39, 0.29) is 0 Å². The van der Waals surface area contributed by atoms with Crippen molar-refractivity contribution in [3.05, 3.63) is 20.8 Å². The number of hydrogen-bond acceptors (Lipinski definition) is 2. The van der Waals surface area contributed by atoms with Crippen molar-refractivity contribution in [1.82, 2.24) is 5.32 Å². The number of halogens is 1. The average Bonchev–Trinajstić information content (AvgIpc) is 2.73. The van der Waals surface area contributed by atoms with E-state index in [4.69, 9.17) is 0 Å². The summed E-state index contributed by atoms with van der Waals surface area (Å²) < 4.78 is 1.27. The van der Waals surface area contributed by atoms with Gasteiger partial charge in [0.1, 0.15) is 0 Å². The second kappa shape index (κ2) is 7.24. The number of nitrogens with one attached hydrogen (secondary N) is 1. The van der Waals surface area contributed by atoms with Crippen LogP contribution in [0.1, 0.15) is 44.9 Å². The first-order valence-electron chi connectivity index (χ1n) is 7.52. The van der Waals surface area contributed by atoms with E-state index in [0.29, 0.717) is 6.04 Å². The van der Waals surface area contributed by atoms with Gasteiger partial charge in [0.15, 0.2) is 0 Å². The van der Waals surface area contributed by atoms with Crippen LogP contribution in [-0.2, 0) is 6.42 Å². The molecule has 0 saturated heterocycles. The molecule has 0 spiro atoms. The largest absolute Gasteiger partial charge is 0.314 e. The summed E-state index contributed by atoms with van der Waals surface area (Å²) in [6, 6.07) is 5.09. The molecule has 0 aliphatic heterocycles. The Balaban J connectivity index is 1.95. The van der Waals surface area contributed by atoms with Crippen molar-refractivity contribution in [2.24, 2.45) is 17.8 Å². The predicted octanol–water partition coefficient (Wildman–Crippen LogP) is 5.10. The Kier molecular flexibility index (Phi) is 5.91. The minimum Gasteiger partial charge on any atom is -0.314 e. The number of rotatable bonds is 5. The third kappa shape index (κ3) is 4.87. The molecule has 1 saturated carbocycles. The van der Waals surface area contributed by atoms with Gasteiger partial charge < -0.3 is 5.32 Å². The van der Waals surface area contributed by atoms with Gasteiger partial charge in [-0.2, -0.15) is 0 Å². The van der Waals surface area contributed by atoms with Crippen LogP contribution in [0.4, 0.5) is 0 Å². The number of hydrogen-bond donors (Lipinski definition) is 1. The highest BCUT2D eigenvalue weighted by atomic mass is 79.9. The minimum absolute atomic E-state index is 0.607. The lowest BCUT2D eigenvalue weighted by Gasteiger charge is -2.35. The maximum absolute atomic E-state index is 3.65. The lowest BCUT2D eigenvalue weighted by atomic mass is 9.73. The molecule has 1 heterocycles. The van der Waals surface area contributed by atoms with Crippen LogP contribution in [0.15, 0.2) is 15.9 Å². The molecule has 108 valence electrons. The zero-order valence-corrected chi connectivity index (χ0v) is 14.7. The highest BCUT2D eigenvalue weighted by Crippen LogP contribution is 2.37. The molecule has 1 fully saturated rings. The summed E-state index contributed by atoms with van der Waals surface area (Å²) in [6.45, 7) is 8.11. The van der Waals surface area contributed by atoms with Gasteiger partial charge in [-0.1, -0.05) is 27.2 Å². The van der Waals surface area contributed by atoms with Crippen molar-refractivity contribution in [2.45, 2.75) is 52.5 Å². The van der Waals surface area contributed by atoms with Crippen LogP contribution in [0.2, 0.25) is 0 Å². The van der Waals surface area contributed by atoms with Crippen LogP contribution in [0.5, 0.6) is 0 Å². The molecule has 2 rings (SSSR count). The minimum atomic E-state index is 0.607. The zero-order chi connectivity index (χ0) is 13.8.